The third-order valence-electron chi connectivity index (χ3n) is 3.83. The maximum atomic E-state index is 12.4. The van der Waals surface area contributed by atoms with Crippen LogP contribution in [0.15, 0.2) is 0 Å². The second kappa shape index (κ2) is 8.60. The molecule has 0 saturated carbocycles. The molecule has 1 heterocycles. The van der Waals surface area contributed by atoms with Crippen molar-refractivity contribution in [3.8, 4) is 0 Å². The maximum Gasteiger partial charge on any atom is 0.242 e. The summed E-state index contributed by atoms with van der Waals surface area (Å²) >= 11 is 0. The number of hydrogen-bond donors (Lipinski definition) is 1. The Morgan fingerprint density at radius 2 is 2.00 bits per heavy atom. The first-order chi connectivity index (χ1) is 9.51. The predicted octanol–water partition coefficient (Wildman–Crippen LogP) is 1.55. The number of rotatable bonds is 8. The van der Waals surface area contributed by atoms with E-state index in [1.54, 1.807) is 7.11 Å². The Labute approximate surface area is 122 Å². The fraction of sp³-hybridized carbons (Fsp3) is 0.933. The SMILES string of the molecule is CCCC(C)(N)C(=O)N1CCC(OCCCOC)CC1. The van der Waals surface area contributed by atoms with Crippen molar-refractivity contribution >= 4 is 5.91 Å². The summed E-state index contributed by atoms with van der Waals surface area (Å²) in [6.07, 6.45) is 4.66. The van der Waals surface area contributed by atoms with Gasteiger partial charge in [0.2, 0.25) is 5.91 Å². The molecule has 20 heavy (non-hydrogen) atoms. The molecule has 1 rings (SSSR count). The van der Waals surface area contributed by atoms with Gasteiger partial charge in [-0.3, -0.25) is 4.79 Å². The van der Waals surface area contributed by atoms with Crippen molar-refractivity contribution in [2.24, 2.45) is 5.73 Å². The molecule has 1 fully saturated rings. The van der Waals surface area contributed by atoms with Crippen molar-refractivity contribution in [1.82, 2.24) is 4.90 Å². The Kier molecular flexibility index (Phi) is 7.48. The second-order valence-corrected chi connectivity index (χ2v) is 5.88. The Hall–Kier alpha value is -0.650. The smallest absolute Gasteiger partial charge is 0.242 e. The zero-order valence-electron chi connectivity index (χ0n) is 13.2. The van der Waals surface area contributed by atoms with Crippen LogP contribution in [0.5, 0.6) is 0 Å². The van der Waals surface area contributed by atoms with Crippen LogP contribution in [-0.2, 0) is 14.3 Å². The molecule has 0 bridgehead atoms. The van der Waals surface area contributed by atoms with Crippen LogP contribution in [0, 0.1) is 0 Å². The molecule has 118 valence electrons. The molecule has 2 N–H and O–H groups in total. The molecule has 0 aromatic heterocycles. The van der Waals surface area contributed by atoms with E-state index in [0.29, 0.717) is 0 Å². The van der Waals surface area contributed by atoms with Gasteiger partial charge in [-0.1, -0.05) is 13.3 Å². The lowest BCUT2D eigenvalue weighted by molar-refractivity contribution is -0.139. The highest BCUT2D eigenvalue weighted by Gasteiger charge is 2.33. The molecular weight excluding hydrogens is 256 g/mol. The van der Waals surface area contributed by atoms with E-state index in [4.69, 9.17) is 15.2 Å². The van der Waals surface area contributed by atoms with Crippen molar-refractivity contribution in [2.75, 3.05) is 33.4 Å². The van der Waals surface area contributed by atoms with Crippen LogP contribution in [0.2, 0.25) is 0 Å². The van der Waals surface area contributed by atoms with E-state index in [-0.39, 0.29) is 12.0 Å². The largest absolute Gasteiger partial charge is 0.385 e. The number of carbonyl (C=O) groups is 1. The molecule has 1 atom stereocenters. The van der Waals surface area contributed by atoms with Gasteiger partial charge in [0.25, 0.3) is 0 Å². The highest BCUT2D eigenvalue weighted by atomic mass is 16.5. The van der Waals surface area contributed by atoms with Gasteiger partial charge in [-0.15, -0.1) is 0 Å². The van der Waals surface area contributed by atoms with E-state index in [9.17, 15) is 4.79 Å². The van der Waals surface area contributed by atoms with Gasteiger partial charge in [-0.2, -0.15) is 0 Å². The van der Waals surface area contributed by atoms with Gasteiger partial charge in [-0.25, -0.2) is 0 Å². The summed E-state index contributed by atoms with van der Waals surface area (Å²) in [6, 6.07) is 0. The summed E-state index contributed by atoms with van der Waals surface area (Å²) in [6.45, 7) is 6.87. The lowest BCUT2D eigenvalue weighted by Crippen LogP contribution is -2.55. The van der Waals surface area contributed by atoms with Gasteiger partial charge >= 0.3 is 0 Å². The molecule has 5 heteroatoms. The summed E-state index contributed by atoms with van der Waals surface area (Å²) in [4.78, 5) is 14.3. The fourth-order valence-corrected chi connectivity index (χ4v) is 2.67. The first-order valence-electron chi connectivity index (χ1n) is 7.70. The lowest BCUT2D eigenvalue weighted by atomic mass is 9.94. The zero-order valence-corrected chi connectivity index (χ0v) is 13.2. The molecule has 1 aliphatic rings. The molecule has 0 aliphatic carbocycles. The summed E-state index contributed by atoms with van der Waals surface area (Å²) in [5.41, 5.74) is 5.39. The molecule has 1 aliphatic heterocycles. The number of nitrogens with two attached hydrogens (primary N) is 1. The van der Waals surface area contributed by atoms with Gasteiger partial charge in [0.05, 0.1) is 11.6 Å². The Balaban J connectivity index is 2.29. The lowest BCUT2D eigenvalue weighted by Gasteiger charge is -2.36. The molecule has 0 spiro atoms. The zero-order chi connectivity index (χ0) is 15.0. The highest BCUT2D eigenvalue weighted by molar-refractivity contribution is 5.85. The van der Waals surface area contributed by atoms with E-state index in [2.05, 4.69) is 6.92 Å². The minimum Gasteiger partial charge on any atom is -0.385 e. The van der Waals surface area contributed by atoms with Gasteiger partial charge in [0, 0.05) is 33.4 Å². The number of amides is 1. The molecule has 1 amide bonds. The molecule has 0 aromatic carbocycles. The summed E-state index contributed by atoms with van der Waals surface area (Å²) < 4.78 is 10.8. The molecule has 0 radical (unpaired) electrons. The average molecular weight is 286 g/mol. The van der Waals surface area contributed by atoms with Gasteiger partial charge in [-0.05, 0) is 32.6 Å². The van der Waals surface area contributed by atoms with Gasteiger partial charge < -0.3 is 20.1 Å². The monoisotopic (exact) mass is 286 g/mol. The predicted molar refractivity (Wildman–Crippen MR) is 79.5 cm³/mol. The normalized spacial score (nSPS) is 19.9. The number of likely N-dealkylation sites (tertiary alicyclic amines) is 1. The van der Waals surface area contributed by atoms with Crippen LogP contribution in [0.4, 0.5) is 0 Å². The van der Waals surface area contributed by atoms with Crippen molar-refractivity contribution in [3.63, 3.8) is 0 Å². The van der Waals surface area contributed by atoms with E-state index in [0.717, 1.165) is 58.4 Å². The van der Waals surface area contributed by atoms with Gasteiger partial charge in [0.15, 0.2) is 0 Å². The standard InChI is InChI=1S/C15H30N2O3/c1-4-8-15(2,16)14(18)17-9-6-13(7-10-17)20-12-5-11-19-3/h13H,4-12,16H2,1-3H3. The first kappa shape index (κ1) is 17.4. The number of methoxy groups -OCH3 is 1. The molecule has 5 nitrogen and oxygen atoms in total. The Morgan fingerprint density at radius 3 is 2.55 bits per heavy atom. The maximum absolute atomic E-state index is 12.4. The minimum absolute atomic E-state index is 0.0807. The van der Waals surface area contributed by atoms with Crippen LogP contribution in [0.1, 0.15) is 46.0 Å². The van der Waals surface area contributed by atoms with Crippen molar-refractivity contribution in [2.45, 2.75) is 57.6 Å². The first-order valence-corrected chi connectivity index (χ1v) is 7.70. The van der Waals surface area contributed by atoms with Crippen molar-refractivity contribution in [1.29, 1.82) is 0 Å². The number of nitrogens with zero attached hydrogens (tertiary/aromatic N) is 1. The van der Waals surface area contributed by atoms with Crippen LogP contribution in [0.3, 0.4) is 0 Å². The van der Waals surface area contributed by atoms with Crippen LogP contribution in [-0.4, -0.2) is 55.9 Å². The number of hydrogen-bond acceptors (Lipinski definition) is 4. The summed E-state index contributed by atoms with van der Waals surface area (Å²) in [7, 11) is 1.70. The highest BCUT2D eigenvalue weighted by Crippen LogP contribution is 2.19. The molecular formula is C15H30N2O3. The minimum atomic E-state index is -0.721. The van der Waals surface area contributed by atoms with Crippen LogP contribution in [0.25, 0.3) is 0 Å². The van der Waals surface area contributed by atoms with E-state index in [1.807, 2.05) is 11.8 Å². The Morgan fingerprint density at radius 1 is 1.35 bits per heavy atom. The number of carbonyl (C=O) groups excluding carboxylic acids is 1. The van der Waals surface area contributed by atoms with Crippen molar-refractivity contribution < 1.29 is 14.3 Å². The average Bonchev–Trinajstić information content (AvgIpc) is 2.43. The summed E-state index contributed by atoms with van der Waals surface area (Å²) in [5, 5.41) is 0. The number of ether oxygens (including phenoxy) is 2. The van der Waals surface area contributed by atoms with E-state index in [1.165, 1.54) is 0 Å². The van der Waals surface area contributed by atoms with E-state index >= 15 is 0 Å². The molecule has 0 aromatic rings. The number of piperidine rings is 1. The van der Waals surface area contributed by atoms with Gasteiger partial charge in [0.1, 0.15) is 0 Å². The molecule has 1 unspecified atom stereocenters. The molecule has 1 saturated heterocycles. The van der Waals surface area contributed by atoms with E-state index < -0.39 is 5.54 Å². The topological polar surface area (TPSA) is 64.8 Å². The Bertz CT molecular complexity index is 287. The summed E-state index contributed by atoms with van der Waals surface area (Å²) in [5.74, 6) is 0.0807. The third kappa shape index (κ3) is 5.38. The second-order valence-electron chi connectivity index (χ2n) is 5.88. The quantitative estimate of drug-likeness (QED) is 0.688. The van der Waals surface area contributed by atoms with Crippen LogP contribution >= 0.6 is 0 Å². The van der Waals surface area contributed by atoms with Crippen molar-refractivity contribution in [3.05, 3.63) is 0 Å². The third-order valence-corrected chi connectivity index (χ3v) is 3.83. The fourth-order valence-electron chi connectivity index (χ4n) is 2.67. The van der Waals surface area contributed by atoms with Crippen LogP contribution < -0.4 is 5.73 Å².